The van der Waals surface area contributed by atoms with E-state index >= 15 is 0 Å². The average molecular weight is 483 g/mol. The number of rotatable bonds is 7. The van der Waals surface area contributed by atoms with Gasteiger partial charge in [0.1, 0.15) is 11.1 Å². The minimum absolute atomic E-state index is 0.0261. The van der Waals surface area contributed by atoms with Crippen LogP contribution < -0.4 is 11.1 Å². The van der Waals surface area contributed by atoms with Crippen LogP contribution in [0.4, 0.5) is 9.18 Å². The molecule has 8 nitrogen and oxygen atoms in total. The molecule has 178 valence electrons. The maximum absolute atomic E-state index is 13.7. The highest BCUT2D eigenvalue weighted by Crippen LogP contribution is 2.37. The molecule has 3 N–H and O–H groups in total. The summed E-state index contributed by atoms with van der Waals surface area (Å²) in [6.07, 6.45) is 3.46. The minimum Gasteiger partial charge on any atom is -0.351 e. The summed E-state index contributed by atoms with van der Waals surface area (Å²) in [4.78, 5) is 26.6. The van der Waals surface area contributed by atoms with Crippen molar-refractivity contribution in [3.63, 3.8) is 0 Å². The van der Waals surface area contributed by atoms with Crippen LogP contribution in [-0.4, -0.2) is 44.7 Å². The largest absolute Gasteiger partial charge is 0.351 e. The normalized spacial score (nSPS) is 16.1. The number of aromatic nitrogens is 3. The Bertz CT molecular complexity index is 1130. The predicted molar refractivity (Wildman–Crippen MR) is 128 cm³/mol. The lowest BCUT2D eigenvalue weighted by Gasteiger charge is -2.32. The molecule has 0 unspecified atom stereocenters. The summed E-state index contributed by atoms with van der Waals surface area (Å²) in [6, 6.07) is 14.2. The molecule has 4 rings (SSSR count). The predicted octanol–water partition coefficient (Wildman–Crippen LogP) is 3.98. The smallest absolute Gasteiger partial charge is 0.318 e. The molecule has 0 spiro atoms. The van der Waals surface area contributed by atoms with Crippen LogP contribution in [0.5, 0.6) is 0 Å². The van der Waals surface area contributed by atoms with Gasteiger partial charge in [-0.15, -0.1) is 10.2 Å². The van der Waals surface area contributed by atoms with Gasteiger partial charge < -0.3 is 5.73 Å². The van der Waals surface area contributed by atoms with E-state index in [1.807, 2.05) is 22.8 Å². The van der Waals surface area contributed by atoms with E-state index in [2.05, 4.69) is 27.3 Å². The molecule has 0 saturated carbocycles. The molecule has 10 heteroatoms. The number of piperidine rings is 1. The first-order valence-corrected chi connectivity index (χ1v) is 12.1. The van der Waals surface area contributed by atoms with Crippen molar-refractivity contribution in [3.8, 4) is 5.69 Å². The maximum Gasteiger partial charge on any atom is 0.318 e. The fourth-order valence-corrected chi connectivity index (χ4v) is 5.19. The summed E-state index contributed by atoms with van der Waals surface area (Å²) in [5.74, 6) is -0.194. The number of likely N-dealkylation sites (tertiary alicyclic amines) is 1. The van der Waals surface area contributed by atoms with Gasteiger partial charge in [0.2, 0.25) is 5.91 Å². The Morgan fingerprint density at radius 2 is 1.71 bits per heavy atom. The molecule has 2 atom stereocenters. The zero-order valence-electron chi connectivity index (χ0n) is 18.9. The zero-order valence-corrected chi connectivity index (χ0v) is 19.7. The monoisotopic (exact) mass is 482 g/mol. The first-order chi connectivity index (χ1) is 16.4. The van der Waals surface area contributed by atoms with E-state index in [9.17, 15) is 14.0 Å². The number of imide groups is 1. The van der Waals surface area contributed by atoms with Crippen molar-refractivity contribution in [1.82, 2.24) is 25.0 Å². The molecular formula is C24H27FN6O2S. The number of nitrogens with zero attached hydrogens (tertiary/aromatic N) is 4. The van der Waals surface area contributed by atoms with Crippen LogP contribution in [0.15, 0.2) is 59.8 Å². The number of halogens is 1. The summed E-state index contributed by atoms with van der Waals surface area (Å²) in [5.41, 5.74) is 6.59. The fraction of sp³-hybridized carbons (Fsp3) is 0.333. The van der Waals surface area contributed by atoms with Gasteiger partial charge in [-0.25, -0.2) is 9.18 Å². The van der Waals surface area contributed by atoms with Gasteiger partial charge >= 0.3 is 6.03 Å². The van der Waals surface area contributed by atoms with E-state index < -0.39 is 17.2 Å². The van der Waals surface area contributed by atoms with E-state index in [0.29, 0.717) is 22.2 Å². The van der Waals surface area contributed by atoms with E-state index in [1.165, 1.54) is 18.6 Å². The quantitative estimate of drug-likeness (QED) is 0.494. The van der Waals surface area contributed by atoms with E-state index in [1.54, 1.807) is 24.3 Å². The molecule has 3 amide bonds. The lowest BCUT2D eigenvalue weighted by molar-refractivity contribution is -0.119. The third-order valence-electron chi connectivity index (χ3n) is 5.87. The second-order valence-corrected chi connectivity index (χ2v) is 9.26. The van der Waals surface area contributed by atoms with Crippen LogP contribution in [0.2, 0.25) is 0 Å². The molecule has 3 aromatic rings. The molecule has 1 aliphatic heterocycles. The van der Waals surface area contributed by atoms with Crippen molar-refractivity contribution in [2.24, 2.45) is 5.73 Å². The highest BCUT2D eigenvalue weighted by Gasteiger charge is 2.30. The number of urea groups is 1. The molecule has 34 heavy (non-hydrogen) atoms. The highest BCUT2D eigenvalue weighted by molar-refractivity contribution is 8.00. The lowest BCUT2D eigenvalue weighted by Crippen LogP contribution is -2.37. The number of benzene rings is 2. The maximum atomic E-state index is 13.7. The molecule has 0 radical (unpaired) electrons. The SMILES string of the molecule is C[C@@H](c1nnc(S[C@H](C(=O)NC(N)=O)c2ccccc2)n1-c1ccc(F)cc1)N1CCCCC1. The molecule has 1 fully saturated rings. The van der Waals surface area contributed by atoms with Crippen molar-refractivity contribution >= 4 is 23.7 Å². The van der Waals surface area contributed by atoms with Crippen LogP contribution in [0.3, 0.4) is 0 Å². The number of hydrogen-bond acceptors (Lipinski definition) is 6. The van der Waals surface area contributed by atoms with Crippen molar-refractivity contribution in [1.29, 1.82) is 0 Å². The minimum atomic E-state index is -0.925. The van der Waals surface area contributed by atoms with E-state index in [0.717, 1.165) is 37.7 Å². The van der Waals surface area contributed by atoms with Gasteiger partial charge in [0.25, 0.3) is 0 Å². The summed E-state index contributed by atoms with van der Waals surface area (Å²) in [6.45, 7) is 4.01. The number of carbonyl (C=O) groups is 2. The third-order valence-corrected chi connectivity index (χ3v) is 7.06. The van der Waals surface area contributed by atoms with Crippen molar-refractivity contribution < 1.29 is 14.0 Å². The van der Waals surface area contributed by atoms with Crippen molar-refractivity contribution in [2.45, 2.75) is 42.6 Å². The van der Waals surface area contributed by atoms with Gasteiger partial charge in [-0.3, -0.25) is 19.6 Å². The Morgan fingerprint density at radius 1 is 1.03 bits per heavy atom. The number of amides is 3. The van der Waals surface area contributed by atoms with Crippen LogP contribution in [0.25, 0.3) is 5.69 Å². The van der Waals surface area contributed by atoms with Crippen molar-refractivity contribution in [3.05, 3.63) is 71.8 Å². The summed E-state index contributed by atoms with van der Waals surface area (Å²) in [7, 11) is 0. The van der Waals surface area contributed by atoms with E-state index in [4.69, 9.17) is 5.73 Å². The molecule has 0 bridgehead atoms. The second kappa shape index (κ2) is 10.8. The number of primary amides is 1. The Kier molecular flexibility index (Phi) is 7.59. The second-order valence-electron chi connectivity index (χ2n) is 8.19. The number of hydrogen-bond donors (Lipinski definition) is 2. The van der Waals surface area contributed by atoms with Crippen LogP contribution in [0, 0.1) is 5.82 Å². The number of nitrogens with two attached hydrogens (primary N) is 1. The molecule has 1 saturated heterocycles. The van der Waals surface area contributed by atoms with Crippen molar-refractivity contribution in [2.75, 3.05) is 13.1 Å². The Balaban J connectivity index is 1.75. The average Bonchev–Trinajstić information content (AvgIpc) is 3.26. The summed E-state index contributed by atoms with van der Waals surface area (Å²) >= 11 is 1.16. The Morgan fingerprint density at radius 3 is 2.35 bits per heavy atom. The molecule has 2 heterocycles. The van der Waals surface area contributed by atoms with Crippen LogP contribution >= 0.6 is 11.8 Å². The van der Waals surface area contributed by atoms with Gasteiger partial charge in [0, 0.05) is 5.69 Å². The van der Waals surface area contributed by atoms with Crippen LogP contribution in [-0.2, 0) is 4.79 Å². The third kappa shape index (κ3) is 5.45. The molecule has 1 aliphatic rings. The van der Waals surface area contributed by atoms with Gasteiger partial charge in [-0.1, -0.05) is 48.5 Å². The molecule has 0 aliphatic carbocycles. The number of thioether (sulfide) groups is 1. The van der Waals surface area contributed by atoms with Gasteiger partial charge in [0.05, 0.1) is 6.04 Å². The first-order valence-electron chi connectivity index (χ1n) is 11.2. The summed E-state index contributed by atoms with van der Waals surface area (Å²) in [5, 5.41) is 10.7. The standard InChI is InChI=1S/C24H27FN6O2S/c1-16(30-14-6-3-7-15-30)21-28-29-24(31(21)19-12-10-18(25)11-13-19)34-20(22(32)27-23(26)33)17-8-4-2-5-9-17/h2,4-5,8-13,16,20H,3,6-7,14-15H2,1H3,(H3,26,27,32,33)/t16-,20-/m0/s1. The Hall–Kier alpha value is -3.24. The van der Waals surface area contributed by atoms with Crippen LogP contribution in [0.1, 0.15) is 48.9 Å². The molecular weight excluding hydrogens is 455 g/mol. The number of carbonyl (C=O) groups excluding carboxylic acids is 2. The highest BCUT2D eigenvalue weighted by atomic mass is 32.2. The molecule has 1 aromatic heterocycles. The molecule has 2 aromatic carbocycles. The lowest BCUT2D eigenvalue weighted by atomic mass is 10.1. The summed E-state index contributed by atoms with van der Waals surface area (Å²) < 4.78 is 15.5. The topological polar surface area (TPSA) is 106 Å². The number of nitrogens with one attached hydrogen (secondary N) is 1. The Labute approximate surface area is 201 Å². The first kappa shape index (κ1) is 23.9. The van der Waals surface area contributed by atoms with Gasteiger partial charge in [-0.05, 0) is 62.7 Å². The van der Waals surface area contributed by atoms with E-state index in [-0.39, 0.29) is 11.9 Å². The van der Waals surface area contributed by atoms with Gasteiger partial charge in [-0.2, -0.15) is 0 Å². The zero-order chi connectivity index (χ0) is 24.1. The van der Waals surface area contributed by atoms with Gasteiger partial charge in [0.15, 0.2) is 11.0 Å². The fourth-order valence-electron chi connectivity index (χ4n) is 4.12.